The van der Waals surface area contributed by atoms with E-state index < -0.39 is 0 Å². The molecule has 2 saturated carbocycles. The van der Waals surface area contributed by atoms with Gasteiger partial charge in [0.1, 0.15) is 0 Å². The first-order valence-electron chi connectivity index (χ1n) is 8.95. The SMILES string of the molecule is N=C1CCCCCCCCCC2CCCCCCC12. The Morgan fingerprint density at radius 1 is 0.579 bits per heavy atom. The Hall–Kier alpha value is -0.330. The van der Waals surface area contributed by atoms with E-state index in [1.807, 2.05) is 0 Å². The third-order valence-electron chi connectivity index (χ3n) is 5.38. The molecule has 1 heteroatoms. The minimum Gasteiger partial charge on any atom is -0.309 e. The van der Waals surface area contributed by atoms with Crippen molar-refractivity contribution >= 4 is 5.71 Å². The predicted molar refractivity (Wildman–Crippen MR) is 84.0 cm³/mol. The van der Waals surface area contributed by atoms with Gasteiger partial charge in [0.25, 0.3) is 0 Å². The molecule has 0 radical (unpaired) electrons. The summed E-state index contributed by atoms with van der Waals surface area (Å²) in [5.74, 6) is 1.51. The van der Waals surface area contributed by atoms with Gasteiger partial charge >= 0.3 is 0 Å². The van der Waals surface area contributed by atoms with Gasteiger partial charge in [0.05, 0.1) is 0 Å². The summed E-state index contributed by atoms with van der Waals surface area (Å²) in [5, 5.41) is 8.51. The number of nitrogens with one attached hydrogen (secondary N) is 1. The standard InChI is InChI=1S/C18H33N/c19-18-15-11-5-3-1-2-4-8-12-16-13-9-6-7-10-14-17(16)18/h16-17,19H,1-15H2. The highest BCUT2D eigenvalue weighted by molar-refractivity contribution is 5.84. The van der Waals surface area contributed by atoms with Crippen molar-refractivity contribution in [3.05, 3.63) is 0 Å². The maximum atomic E-state index is 8.51. The third-order valence-corrected chi connectivity index (χ3v) is 5.38. The summed E-state index contributed by atoms with van der Waals surface area (Å²) in [7, 11) is 0. The van der Waals surface area contributed by atoms with E-state index in [0.717, 1.165) is 18.1 Å². The van der Waals surface area contributed by atoms with Crippen molar-refractivity contribution in [1.29, 1.82) is 5.41 Å². The van der Waals surface area contributed by atoms with Crippen LogP contribution in [0.4, 0.5) is 0 Å². The minimum absolute atomic E-state index is 0.653. The van der Waals surface area contributed by atoms with Gasteiger partial charge in [0.15, 0.2) is 0 Å². The van der Waals surface area contributed by atoms with E-state index in [-0.39, 0.29) is 0 Å². The summed E-state index contributed by atoms with van der Waals surface area (Å²) in [6.45, 7) is 0. The molecule has 2 unspecified atom stereocenters. The second kappa shape index (κ2) is 8.76. The zero-order chi connectivity index (χ0) is 13.3. The third kappa shape index (κ3) is 5.28. The topological polar surface area (TPSA) is 23.9 Å². The monoisotopic (exact) mass is 263 g/mol. The molecule has 0 aromatic rings. The molecule has 0 bridgehead atoms. The van der Waals surface area contributed by atoms with Crippen molar-refractivity contribution < 1.29 is 0 Å². The smallest absolute Gasteiger partial charge is 0.0123 e. The fraction of sp³-hybridized carbons (Fsp3) is 0.944. The Balaban J connectivity index is 1.96. The van der Waals surface area contributed by atoms with E-state index in [1.54, 1.807) is 0 Å². The zero-order valence-electron chi connectivity index (χ0n) is 12.8. The average Bonchev–Trinajstić information content (AvgIpc) is 2.37. The van der Waals surface area contributed by atoms with Crippen LogP contribution in [0.1, 0.15) is 96.3 Å². The van der Waals surface area contributed by atoms with Crippen LogP contribution in [0.25, 0.3) is 0 Å². The van der Waals surface area contributed by atoms with Crippen LogP contribution in [0, 0.1) is 17.2 Å². The highest BCUT2D eigenvalue weighted by Crippen LogP contribution is 2.34. The summed E-state index contributed by atoms with van der Waals surface area (Å²) in [6.07, 6.45) is 20.7. The van der Waals surface area contributed by atoms with E-state index in [4.69, 9.17) is 5.41 Å². The van der Waals surface area contributed by atoms with Gasteiger partial charge in [-0.25, -0.2) is 0 Å². The molecule has 0 amide bonds. The molecule has 2 fully saturated rings. The van der Waals surface area contributed by atoms with Crippen molar-refractivity contribution in [2.24, 2.45) is 11.8 Å². The Morgan fingerprint density at radius 2 is 1.05 bits per heavy atom. The molecule has 110 valence electrons. The van der Waals surface area contributed by atoms with Crippen LogP contribution in [0.3, 0.4) is 0 Å². The molecule has 19 heavy (non-hydrogen) atoms. The highest BCUT2D eigenvalue weighted by Gasteiger charge is 2.25. The van der Waals surface area contributed by atoms with Crippen LogP contribution in [-0.4, -0.2) is 5.71 Å². The maximum absolute atomic E-state index is 8.51. The van der Waals surface area contributed by atoms with Crippen LogP contribution in [0.2, 0.25) is 0 Å². The van der Waals surface area contributed by atoms with Gasteiger partial charge in [-0.3, -0.25) is 0 Å². The van der Waals surface area contributed by atoms with E-state index >= 15 is 0 Å². The van der Waals surface area contributed by atoms with E-state index in [1.165, 1.54) is 89.9 Å². The molecule has 2 atom stereocenters. The quantitative estimate of drug-likeness (QED) is 0.544. The molecular weight excluding hydrogens is 230 g/mol. The molecule has 2 aliphatic carbocycles. The Morgan fingerprint density at radius 3 is 1.68 bits per heavy atom. The molecule has 0 aromatic heterocycles. The van der Waals surface area contributed by atoms with Crippen molar-refractivity contribution in [2.45, 2.75) is 96.3 Å². The Bertz CT molecular complexity index is 258. The summed E-state index contributed by atoms with van der Waals surface area (Å²) in [6, 6.07) is 0. The lowest BCUT2D eigenvalue weighted by molar-refractivity contribution is 0.293. The van der Waals surface area contributed by atoms with Gasteiger partial charge in [0, 0.05) is 5.71 Å². The molecule has 0 aromatic carbocycles. The first-order valence-corrected chi connectivity index (χ1v) is 8.95. The molecule has 2 aliphatic rings. The molecule has 1 nitrogen and oxygen atoms in total. The number of hydrogen-bond donors (Lipinski definition) is 1. The fourth-order valence-electron chi connectivity index (χ4n) is 4.16. The van der Waals surface area contributed by atoms with Crippen molar-refractivity contribution in [1.82, 2.24) is 0 Å². The maximum Gasteiger partial charge on any atom is 0.0123 e. The van der Waals surface area contributed by atoms with Crippen LogP contribution in [0.15, 0.2) is 0 Å². The number of fused-ring (bicyclic) bond motifs is 1. The molecule has 0 aliphatic heterocycles. The van der Waals surface area contributed by atoms with Crippen LogP contribution >= 0.6 is 0 Å². The molecule has 2 rings (SSSR count). The Labute approximate surface area is 120 Å². The fourth-order valence-corrected chi connectivity index (χ4v) is 4.16. The van der Waals surface area contributed by atoms with Gasteiger partial charge in [-0.2, -0.15) is 0 Å². The first kappa shape index (κ1) is 15.1. The van der Waals surface area contributed by atoms with Crippen molar-refractivity contribution in [3.63, 3.8) is 0 Å². The lowest BCUT2D eigenvalue weighted by atomic mass is 9.75. The van der Waals surface area contributed by atoms with Gasteiger partial charge in [0.2, 0.25) is 0 Å². The summed E-state index contributed by atoms with van der Waals surface area (Å²) >= 11 is 0. The average molecular weight is 263 g/mol. The highest BCUT2D eigenvalue weighted by atomic mass is 14.5. The van der Waals surface area contributed by atoms with E-state index in [0.29, 0.717) is 5.92 Å². The minimum atomic E-state index is 0.653. The second-order valence-corrected chi connectivity index (χ2v) is 6.90. The molecule has 0 heterocycles. The van der Waals surface area contributed by atoms with Gasteiger partial charge < -0.3 is 5.41 Å². The van der Waals surface area contributed by atoms with Gasteiger partial charge in [-0.1, -0.05) is 64.2 Å². The van der Waals surface area contributed by atoms with Crippen LogP contribution < -0.4 is 0 Å². The van der Waals surface area contributed by atoms with Gasteiger partial charge in [-0.05, 0) is 43.9 Å². The largest absolute Gasteiger partial charge is 0.309 e. The summed E-state index contributed by atoms with van der Waals surface area (Å²) in [5.41, 5.74) is 1.12. The molecule has 0 spiro atoms. The van der Waals surface area contributed by atoms with Crippen LogP contribution in [0.5, 0.6) is 0 Å². The van der Waals surface area contributed by atoms with Crippen molar-refractivity contribution in [3.8, 4) is 0 Å². The first-order chi connectivity index (χ1) is 9.38. The summed E-state index contributed by atoms with van der Waals surface area (Å²) in [4.78, 5) is 0. The lowest BCUT2D eigenvalue weighted by Gasteiger charge is -2.30. The van der Waals surface area contributed by atoms with Gasteiger partial charge in [-0.15, -0.1) is 0 Å². The summed E-state index contributed by atoms with van der Waals surface area (Å²) < 4.78 is 0. The normalized spacial score (nSPS) is 32.3. The number of hydrogen-bond acceptors (Lipinski definition) is 1. The van der Waals surface area contributed by atoms with E-state index in [9.17, 15) is 0 Å². The van der Waals surface area contributed by atoms with Crippen molar-refractivity contribution in [2.75, 3.05) is 0 Å². The zero-order valence-corrected chi connectivity index (χ0v) is 12.8. The number of rotatable bonds is 0. The Kier molecular flexibility index (Phi) is 6.95. The predicted octanol–water partition coefficient (Wildman–Crippen LogP) is 6.12. The lowest BCUT2D eigenvalue weighted by Crippen LogP contribution is -2.25. The second-order valence-electron chi connectivity index (χ2n) is 6.90. The molecule has 0 saturated heterocycles. The van der Waals surface area contributed by atoms with E-state index in [2.05, 4.69) is 0 Å². The molecular formula is C18H33N. The van der Waals surface area contributed by atoms with Crippen LogP contribution in [-0.2, 0) is 0 Å². The molecule has 1 N–H and O–H groups in total.